The Morgan fingerprint density at radius 2 is 1.20 bits per heavy atom. The molecule has 4 aromatic carbocycles. The van der Waals surface area contributed by atoms with E-state index in [1.54, 1.807) is 48.5 Å². The molecule has 0 fully saturated rings. The number of fused-ring (bicyclic) bond motifs is 1. The maximum Gasteiger partial charge on any atom is 0.335 e. The van der Waals surface area contributed by atoms with Crippen LogP contribution in [0.2, 0.25) is 0 Å². The summed E-state index contributed by atoms with van der Waals surface area (Å²) in [4.78, 5) is 40.7. The maximum atomic E-state index is 13.4. The molecule has 6 heteroatoms. The number of esters is 1. The van der Waals surface area contributed by atoms with Crippen LogP contribution in [0.15, 0.2) is 109 Å². The van der Waals surface area contributed by atoms with Crippen LogP contribution in [0.1, 0.15) is 26.3 Å². The van der Waals surface area contributed by atoms with E-state index in [1.807, 2.05) is 60.7 Å². The predicted octanol–water partition coefficient (Wildman–Crippen LogP) is 5.29. The van der Waals surface area contributed by atoms with Crippen molar-refractivity contribution in [1.29, 1.82) is 0 Å². The first-order valence-electron chi connectivity index (χ1n) is 11.2. The molecular formula is C29H21NO5. The number of para-hydroxylation sites is 1. The van der Waals surface area contributed by atoms with E-state index >= 15 is 0 Å². The third-order valence-electron chi connectivity index (χ3n) is 5.68. The lowest BCUT2D eigenvalue weighted by molar-refractivity contribution is -0.138. The highest BCUT2D eigenvalue weighted by Gasteiger charge is 2.43. The molecular weight excluding hydrogens is 442 g/mol. The van der Waals surface area contributed by atoms with Crippen LogP contribution in [-0.4, -0.2) is 28.7 Å². The molecule has 0 bridgehead atoms. The SMILES string of the molecule is O=C(Oc1cccc(Oc2ccccc2)c1)[C@H](Cc1ccccc1)N1C(=O)c2ccccc2C1=O. The summed E-state index contributed by atoms with van der Waals surface area (Å²) in [6.45, 7) is 0. The first-order valence-corrected chi connectivity index (χ1v) is 11.2. The lowest BCUT2D eigenvalue weighted by Crippen LogP contribution is -2.48. The zero-order valence-electron chi connectivity index (χ0n) is 18.7. The third kappa shape index (κ3) is 4.68. The van der Waals surface area contributed by atoms with Crippen molar-refractivity contribution in [2.45, 2.75) is 12.5 Å². The number of rotatable bonds is 7. The standard InChI is InChI=1S/C29H21NO5/c31-27-24-16-7-8-17-25(24)28(32)30(27)26(18-20-10-3-1-4-11-20)29(33)35-23-15-9-14-22(19-23)34-21-12-5-2-6-13-21/h1-17,19,26H,18H2/t26-/m0/s1. The average molecular weight is 463 g/mol. The zero-order chi connectivity index (χ0) is 24.2. The maximum absolute atomic E-state index is 13.4. The van der Waals surface area contributed by atoms with Crippen LogP contribution in [-0.2, 0) is 11.2 Å². The number of carbonyl (C=O) groups excluding carboxylic acids is 3. The van der Waals surface area contributed by atoms with Crippen molar-refractivity contribution in [3.8, 4) is 17.2 Å². The molecule has 4 aromatic rings. The normalized spacial score (nSPS) is 13.3. The fourth-order valence-electron chi connectivity index (χ4n) is 4.02. The van der Waals surface area contributed by atoms with Crippen molar-refractivity contribution < 1.29 is 23.9 Å². The van der Waals surface area contributed by atoms with Gasteiger partial charge in [0.05, 0.1) is 11.1 Å². The van der Waals surface area contributed by atoms with Gasteiger partial charge in [0.15, 0.2) is 0 Å². The van der Waals surface area contributed by atoms with Crippen molar-refractivity contribution in [3.05, 3.63) is 126 Å². The van der Waals surface area contributed by atoms with Crippen LogP contribution < -0.4 is 9.47 Å². The molecule has 0 spiro atoms. The number of amides is 2. The Morgan fingerprint density at radius 3 is 1.86 bits per heavy atom. The smallest absolute Gasteiger partial charge is 0.335 e. The van der Waals surface area contributed by atoms with Crippen molar-refractivity contribution in [2.75, 3.05) is 0 Å². The van der Waals surface area contributed by atoms with Crippen molar-refractivity contribution in [2.24, 2.45) is 0 Å². The monoisotopic (exact) mass is 463 g/mol. The summed E-state index contributed by atoms with van der Waals surface area (Å²) < 4.78 is 11.5. The van der Waals surface area contributed by atoms with Gasteiger partial charge in [0.25, 0.3) is 11.8 Å². The number of carbonyl (C=O) groups is 3. The van der Waals surface area contributed by atoms with E-state index in [0.717, 1.165) is 10.5 Å². The summed E-state index contributed by atoms with van der Waals surface area (Å²) in [5.41, 5.74) is 1.36. The van der Waals surface area contributed by atoms with E-state index < -0.39 is 23.8 Å². The van der Waals surface area contributed by atoms with Gasteiger partial charge >= 0.3 is 5.97 Å². The molecule has 0 N–H and O–H groups in total. The first-order chi connectivity index (χ1) is 17.1. The second-order valence-electron chi connectivity index (χ2n) is 8.04. The largest absolute Gasteiger partial charge is 0.457 e. The van der Waals surface area contributed by atoms with Gasteiger partial charge in [-0.05, 0) is 42.0 Å². The van der Waals surface area contributed by atoms with Gasteiger partial charge in [0.2, 0.25) is 0 Å². The minimum atomic E-state index is -1.14. The molecule has 1 atom stereocenters. The molecule has 0 saturated carbocycles. The molecule has 1 aliphatic heterocycles. The molecule has 0 saturated heterocycles. The molecule has 0 aliphatic carbocycles. The minimum absolute atomic E-state index is 0.130. The summed E-state index contributed by atoms with van der Waals surface area (Å²) in [5, 5.41) is 0. The molecule has 2 amide bonds. The average Bonchev–Trinajstić information content (AvgIpc) is 3.14. The lowest BCUT2D eigenvalue weighted by Gasteiger charge is -2.24. The van der Waals surface area contributed by atoms with Gasteiger partial charge in [-0.15, -0.1) is 0 Å². The van der Waals surface area contributed by atoms with E-state index in [2.05, 4.69) is 0 Å². The minimum Gasteiger partial charge on any atom is -0.457 e. The number of hydrogen-bond donors (Lipinski definition) is 0. The van der Waals surface area contributed by atoms with Gasteiger partial charge in [-0.3, -0.25) is 14.5 Å². The van der Waals surface area contributed by atoms with Crippen LogP contribution in [0, 0.1) is 0 Å². The first kappa shape index (κ1) is 22.1. The number of benzene rings is 4. The van der Waals surface area contributed by atoms with E-state index in [0.29, 0.717) is 11.5 Å². The molecule has 0 radical (unpaired) electrons. The van der Waals surface area contributed by atoms with E-state index in [9.17, 15) is 14.4 Å². The highest BCUT2D eigenvalue weighted by atomic mass is 16.5. The molecule has 0 aromatic heterocycles. The van der Waals surface area contributed by atoms with Gasteiger partial charge < -0.3 is 9.47 Å². The highest BCUT2D eigenvalue weighted by Crippen LogP contribution is 2.29. The molecule has 6 nitrogen and oxygen atoms in total. The third-order valence-corrected chi connectivity index (χ3v) is 5.68. The molecule has 172 valence electrons. The van der Waals surface area contributed by atoms with Crippen LogP contribution >= 0.6 is 0 Å². The molecule has 35 heavy (non-hydrogen) atoms. The van der Waals surface area contributed by atoms with Crippen molar-refractivity contribution in [1.82, 2.24) is 4.90 Å². The Hall–Kier alpha value is -4.71. The van der Waals surface area contributed by atoms with Gasteiger partial charge in [-0.2, -0.15) is 0 Å². The Labute approximate surface area is 202 Å². The fraction of sp³-hybridized carbons (Fsp3) is 0.0690. The van der Waals surface area contributed by atoms with Gasteiger partial charge in [-0.1, -0.05) is 66.7 Å². The van der Waals surface area contributed by atoms with Gasteiger partial charge in [-0.25, -0.2) is 4.79 Å². The number of imide groups is 1. The van der Waals surface area contributed by atoms with Crippen LogP contribution in [0.25, 0.3) is 0 Å². The Morgan fingerprint density at radius 1 is 0.657 bits per heavy atom. The fourth-order valence-corrected chi connectivity index (χ4v) is 4.02. The van der Waals surface area contributed by atoms with Crippen LogP contribution in [0.4, 0.5) is 0 Å². The van der Waals surface area contributed by atoms with Gasteiger partial charge in [0.1, 0.15) is 23.3 Å². The van der Waals surface area contributed by atoms with Crippen molar-refractivity contribution >= 4 is 17.8 Å². The molecule has 1 heterocycles. The summed E-state index contributed by atoms with van der Waals surface area (Å²) in [6, 6.07) is 30.5. The quantitative estimate of drug-likeness (QED) is 0.212. The van der Waals surface area contributed by atoms with E-state index in [1.165, 1.54) is 0 Å². The van der Waals surface area contributed by atoms with Crippen LogP contribution in [0.5, 0.6) is 17.2 Å². The van der Waals surface area contributed by atoms with E-state index in [4.69, 9.17) is 9.47 Å². The molecule has 0 unspecified atom stereocenters. The lowest BCUT2D eigenvalue weighted by atomic mass is 10.0. The van der Waals surface area contributed by atoms with Crippen molar-refractivity contribution in [3.63, 3.8) is 0 Å². The highest BCUT2D eigenvalue weighted by molar-refractivity contribution is 6.22. The second-order valence-corrected chi connectivity index (χ2v) is 8.04. The summed E-state index contributed by atoms with van der Waals surface area (Å²) in [6.07, 6.45) is 0.130. The number of ether oxygens (including phenoxy) is 2. The summed E-state index contributed by atoms with van der Waals surface area (Å²) in [7, 11) is 0. The topological polar surface area (TPSA) is 72.9 Å². The Balaban J connectivity index is 1.42. The zero-order valence-corrected chi connectivity index (χ0v) is 18.7. The summed E-state index contributed by atoms with van der Waals surface area (Å²) in [5.74, 6) is -0.349. The number of nitrogens with zero attached hydrogens (tertiary/aromatic N) is 1. The summed E-state index contributed by atoms with van der Waals surface area (Å²) >= 11 is 0. The molecule has 1 aliphatic rings. The number of hydrogen-bond acceptors (Lipinski definition) is 5. The van der Waals surface area contributed by atoms with Gasteiger partial charge in [0, 0.05) is 12.5 Å². The second kappa shape index (κ2) is 9.65. The molecule has 5 rings (SSSR count). The predicted molar refractivity (Wildman–Crippen MR) is 129 cm³/mol. The Bertz CT molecular complexity index is 1350. The Kier molecular flexibility index (Phi) is 6.09. The van der Waals surface area contributed by atoms with Crippen LogP contribution in [0.3, 0.4) is 0 Å². The van der Waals surface area contributed by atoms with E-state index in [-0.39, 0.29) is 23.3 Å².